The molecule has 4 rings (SSSR count). The monoisotopic (exact) mass is 409 g/mol. The molecule has 0 saturated carbocycles. The van der Waals surface area contributed by atoms with Crippen molar-refractivity contribution in [3.8, 4) is 0 Å². The van der Waals surface area contributed by atoms with Gasteiger partial charge in [0.25, 0.3) is 11.8 Å². The molecule has 0 radical (unpaired) electrons. The summed E-state index contributed by atoms with van der Waals surface area (Å²) in [6.07, 6.45) is 3.88. The normalized spacial score (nSPS) is 18.6. The number of rotatable bonds is 3. The predicted octanol–water partition coefficient (Wildman–Crippen LogP) is 3.92. The van der Waals surface area contributed by atoms with Crippen molar-refractivity contribution in [2.45, 2.75) is 19.8 Å². The lowest BCUT2D eigenvalue weighted by molar-refractivity contribution is -0.122. The number of hydrogen-bond acceptors (Lipinski definition) is 4. The van der Waals surface area contributed by atoms with Crippen LogP contribution in [0.3, 0.4) is 0 Å². The van der Waals surface area contributed by atoms with Gasteiger partial charge in [-0.3, -0.25) is 14.9 Å². The Bertz CT molecular complexity index is 1020. The molecule has 0 unspecified atom stereocenters. The Morgan fingerprint density at radius 1 is 0.966 bits per heavy atom. The summed E-state index contributed by atoms with van der Waals surface area (Å²) in [4.78, 5) is 40.8. The molecule has 2 fully saturated rings. The molecular weight excluding hydrogens is 390 g/mol. The van der Waals surface area contributed by atoms with Crippen LogP contribution in [0.1, 0.15) is 24.0 Å². The minimum absolute atomic E-state index is 0.102. The molecule has 6 nitrogen and oxygen atoms in total. The Balaban J connectivity index is 1.63. The van der Waals surface area contributed by atoms with Crippen molar-refractivity contribution >= 4 is 46.9 Å². The van der Waals surface area contributed by atoms with Crippen LogP contribution in [-0.2, 0) is 9.59 Å². The van der Waals surface area contributed by atoms with Crippen LogP contribution >= 0.6 is 11.6 Å². The molecular formula is C22H20ClN3O3. The van der Waals surface area contributed by atoms with E-state index in [4.69, 9.17) is 11.6 Å². The van der Waals surface area contributed by atoms with Gasteiger partial charge in [-0.1, -0.05) is 29.8 Å². The predicted molar refractivity (Wildman–Crippen MR) is 113 cm³/mol. The number of anilines is 2. The summed E-state index contributed by atoms with van der Waals surface area (Å²) in [5.74, 6) is -1.39. The molecule has 0 spiro atoms. The van der Waals surface area contributed by atoms with Crippen LogP contribution in [0.5, 0.6) is 0 Å². The fourth-order valence-electron chi connectivity index (χ4n) is 3.54. The first kappa shape index (κ1) is 19.2. The second-order valence-electron chi connectivity index (χ2n) is 7.18. The molecule has 4 amide bonds. The highest BCUT2D eigenvalue weighted by Crippen LogP contribution is 2.27. The smallest absolute Gasteiger partial charge is 0.335 e. The van der Waals surface area contributed by atoms with Crippen molar-refractivity contribution in [3.05, 3.63) is 64.2 Å². The van der Waals surface area contributed by atoms with Gasteiger partial charge in [0.05, 0.1) is 5.69 Å². The first-order chi connectivity index (χ1) is 13.9. The Morgan fingerprint density at radius 3 is 2.28 bits per heavy atom. The molecule has 2 aliphatic heterocycles. The highest BCUT2D eigenvalue weighted by Gasteiger charge is 2.36. The number of nitrogens with zero attached hydrogens (tertiary/aromatic N) is 2. The van der Waals surface area contributed by atoms with Crippen LogP contribution < -0.4 is 15.1 Å². The van der Waals surface area contributed by atoms with E-state index in [1.807, 2.05) is 31.2 Å². The van der Waals surface area contributed by atoms with Gasteiger partial charge in [0, 0.05) is 23.8 Å². The molecule has 2 aromatic rings. The number of halogens is 1. The van der Waals surface area contributed by atoms with Crippen LogP contribution in [0.2, 0.25) is 5.02 Å². The zero-order chi connectivity index (χ0) is 20.5. The first-order valence-corrected chi connectivity index (χ1v) is 9.84. The van der Waals surface area contributed by atoms with Gasteiger partial charge in [-0.15, -0.1) is 0 Å². The third kappa shape index (κ3) is 3.76. The van der Waals surface area contributed by atoms with E-state index in [0.29, 0.717) is 16.3 Å². The number of hydrogen-bond donors (Lipinski definition) is 1. The molecule has 2 saturated heterocycles. The van der Waals surface area contributed by atoms with Crippen molar-refractivity contribution < 1.29 is 14.4 Å². The number of amides is 4. The maximum absolute atomic E-state index is 12.9. The highest BCUT2D eigenvalue weighted by atomic mass is 35.5. The van der Waals surface area contributed by atoms with Gasteiger partial charge < -0.3 is 4.90 Å². The standard InChI is InChI=1S/C22H20ClN3O3/c1-14-4-7-17(13-19(14)23)26-21(28)18(20(27)24-22(26)29)12-15-5-8-16(9-6-15)25-10-2-3-11-25/h4-9,12-13H,2-3,10-11H2,1H3,(H,24,27,29)/b18-12+. The Morgan fingerprint density at radius 2 is 1.62 bits per heavy atom. The maximum atomic E-state index is 12.9. The van der Waals surface area contributed by atoms with Crippen LogP contribution in [0, 0.1) is 6.92 Å². The summed E-state index contributed by atoms with van der Waals surface area (Å²) in [7, 11) is 0. The number of benzene rings is 2. The maximum Gasteiger partial charge on any atom is 0.335 e. The summed E-state index contributed by atoms with van der Waals surface area (Å²) in [5, 5.41) is 2.66. The van der Waals surface area contributed by atoms with Crippen molar-refractivity contribution in [1.29, 1.82) is 0 Å². The molecule has 7 heteroatoms. The fraction of sp³-hybridized carbons (Fsp3) is 0.227. The van der Waals surface area contributed by atoms with Gasteiger partial charge in [-0.2, -0.15) is 0 Å². The molecule has 2 aliphatic rings. The number of urea groups is 1. The quantitative estimate of drug-likeness (QED) is 0.616. The van der Waals surface area contributed by atoms with Crippen LogP contribution in [-0.4, -0.2) is 30.9 Å². The summed E-state index contributed by atoms with van der Waals surface area (Å²) in [6.45, 7) is 3.90. The summed E-state index contributed by atoms with van der Waals surface area (Å²) in [5.41, 5.74) is 2.86. The number of aryl methyl sites for hydroxylation is 1. The molecule has 0 atom stereocenters. The molecule has 0 aromatic heterocycles. The lowest BCUT2D eigenvalue weighted by Gasteiger charge is -2.26. The minimum Gasteiger partial charge on any atom is -0.372 e. The summed E-state index contributed by atoms with van der Waals surface area (Å²) < 4.78 is 0. The van der Waals surface area contributed by atoms with Gasteiger partial charge >= 0.3 is 6.03 Å². The average molecular weight is 410 g/mol. The molecule has 0 bridgehead atoms. The fourth-order valence-corrected chi connectivity index (χ4v) is 3.71. The third-order valence-corrected chi connectivity index (χ3v) is 5.60. The lowest BCUT2D eigenvalue weighted by atomic mass is 10.1. The Hall–Kier alpha value is -3.12. The topological polar surface area (TPSA) is 69.7 Å². The van der Waals surface area contributed by atoms with E-state index >= 15 is 0 Å². The number of carbonyl (C=O) groups is 3. The van der Waals surface area contributed by atoms with E-state index in [-0.39, 0.29) is 5.57 Å². The first-order valence-electron chi connectivity index (χ1n) is 9.46. The van der Waals surface area contributed by atoms with E-state index in [1.54, 1.807) is 12.1 Å². The van der Waals surface area contributed by atoms with Crippen LogP contribution in [0.15, 0.2) is 48.0 Å². The minimum atomic E-state index is -0.790. The van der Waals surface area contributed by atoms with Crippen LogP contribution in [0.4, 0.5) is 16.2 Å². The van der Waals surface area contributed by atoms with E-state index in [2.05, 4.69) is 10.2 Å². The van der Waals surface area contributed by atoms with Gasteiger partial charge in [0.2, 0.25) is 0 Å². The molecule has 2 aromatic carbocycles. The number of nitrogens with one attached hydrogen (secondary N) is 1. The van der Waals surface area contributed by atoms with Gasteiger partial charge in [-0.25, -0.2) is 9.69 Å². The Labute approximate surface area is 173 Å². The highest BCUT2D eigenvalue weighted by molar-refractivity contribution is 6.39. The van der Waals surface area contributed by atoms with E-state index in [0.717, 1.165) is 29.2 Å². The molecule has 0 aliphatic carbocycles. The van der Waals surface area contributed by atoms with Crippen LogP contribution in [0.25, 0.3) is 6.08 Å². The van der Waals surface area contributed by atoms with Gasteiger partial charge in [0.15, 0.2) is 0 Å². The lowest BCUT2D eigenvalue weighted by Crippen LogP contribution is -2.54. The Kier molecular flexibility index (Phi) is 5.11. The SMILES string of the molecule is Cc1ccc(N2C(=O)NC(=O)/C(=C\c3ccc(N4CCCC4)cc3)C2=O)cc1Cl. The molecule has 29 heavy (non-hydrogen) atoms. The molecule has 148 valence electrons. The van der Waals surface area contributed by atoms with E-state index < -0.39 is 17.8 Å². The third-order valence-electron chi connectivity index (χ3n) is 5.19. The van der Waals surface area contributed by atoms with Crippen molar-refractivity contribution in [2.24, 2.45) is 0 Å². The number of imide groups is 2. The second-order valence-corrected chi connectivity index (χ2v) is 7.58. The molecule has 2 heterocycles. The average Bonchev–Trinajstić information content (AvgIpc) is 3.23. The largest absolute Gasteiger partial charge is 0.372 e. The van der Waals surface area contributed by atoms with E-state index in [9.17, 15) is 14.4 Å². The molecule has 1 N–H and O–H groups in total. The van der Waals surface area contributed by atoms with E-state index in [1.165, 1.54) is 25.0 Å². The van der Waals surface area contributed by atoms with Crippen molar-refractivity contribution in [1.82, 2.24) is 5.32 Å². The van der Waals surface area contributed by atoms with Crippen molar-refractivity contribution in [3.63, 3.8) is 0 Å². The second kappa shape index (κ2) is 7.72. The van der Waals surface area contributed by atoms with Gasteiger partial charge in [0.1, 0.15) is 5.57 Å². The number of carbonyl (C=O) groups excluding carboxylic acids is 3. The summed E-state index contributed by atoms with van der Waals surface area (Å²) in [6, 6.07) is 11.8. The zero-order valence-corrected chi connectivity index (χ0v) is 16.7. The summed E-state index contributed by atoms with van der Waals surface area (Å²) >= 11 is 6.14. The zero-order valence-electron chi connectivity index (χ0n) is 15.9. The number of barbiturate groups is 1. The van der Waals surface area contributed by atoms with Gasteiger partial charge in [-0.05, 0) is 61.2 Å². The van der Waals surface area contributed by atoms with Crippen molar-refractivity contribution in [2.75, 3.05) is 22.9 Å².